The molecule has 4 rings (SSSR count). The van der Waals surface area contributed by atoms with E-state index >= 15 is 0 Å². The zero-order chi connectivity index (χ0) is 27.9. The molecule has 0 saturated carbocycles. The Morgan fingerprint density at radius 3 is 2.37 bits per heavy atom. The SMILES string of the molecule is CCS(=O)(=NC(=O)c1ccc(C2=NOC(c3cc(Cl)cc(Cl)c3)(C(F)(F)F)C2)cc1C)c1cccc(F)c1. The molecule has 0 aromatic heterocycles. The molecule has 0 radical (unpaired) electrons. The van der Waals surface area contributed by atoms with E-state index in [1.807, 2.05) is 0 Å². The van der Waals surface area contributed by atoms with Crippen LogP contribution in [-0.4, -0.2) is 27.8 Å². The second kappa shape index (κ2) is 10.3. The van der Waals surface area contributed by atoms with Crippen LogP contribution in [0.4, 0.5) is 17.6 Å². The average molecular weight is 587 g/mol. The van der Waals surface area contributed by atoms with Gasteiger partial charge in [0.25, 0.3) is 11.5 Å². The first kappa shape index (κ1) is 28.1. The van der Waals surface area contributed by atoms with Crippen LogP contribution in [0.5, 0.6) is 0 Å². The van der Waals surface area contributed by atoms with Crippen LogP contribution in [0.2, 0.25) is 10.0 Å². The highest BCUT2D eigenvalue weighted by Gasteiger charge is 2.62. The van der Waals surface area contributed by atoms with Crippen molar-refractivity contribution in [1.29, 1.82) is 0 Å². The normalized spacial score (nSPS) is 18.9. The lowest BCUT2D eigenvalue weighted by molar-refractivity contribution is -0.275. The lowest BCUT2D eigenvalue weighted by Crippen LogP contribution is -2.42. The molecule has 38 heavy (non-hydrogen) atoms. The van der Waals surface area contributed by atoms with Crippen LogP contribution in [0.25, 0.3) is 0 Å². The Kier molecular flexibility index (Phi) is 7.62. The topological polar surface area (TPSA) is 68.1 Å². The third kappa shape index (κ3) is 5.30. The summed E-state index contributed by atoms with van der Waals surface area (Å²) in [6.45, 7) is 3.13. The van der Waals surface area contributed by atoms with Gasteiger partial charge < -0.3 is 4.84 Å². The van der Waals surface area contributed by atoms with E-state index in [-0.39, 0.29) is 37.5 Å². The largest absolute Gasteiger partial charge is 0.435 e. The van der Waals surface area contributed by atoms with Gasteiger partial charge in [-0.15, -0.1) is 0 Å². The number of carbonyl (C=O) groups is 1. The van der Waals surface area contributed by atoms with E-state index < -0.39 is 39.7 Å². The maximum Gasteiger partial charge on any atom is 0.435 e. The van der Waals surface area contributed by atoms with Crippen LogP contribution in [0.3, 0.4) is 0 Å². The Hall–Kier alpha value is -2.95. The Morgan fingerprint density at radius 2 is 1.79 bits per heavy atom. The number of alkyl halides is 3. The predicted molar refractivity (Wildman–Crippen MR) is 138 cm³/mol. The number of rotatable bonds is 5. The van der Waals surface area contributed by atoms with Gasteiger partial charge in [-0.25, -0.2) is 8.60 Å². The summed E-state index contributed by atoms with van der Waals surface area (Å²) >= 11 is 11.9. The maximum atomic E-state index is 14.3. The van der Waals surface area contributed by atoms with Gasteiger partial charge in [0.15, 0.2) is 0 Å². The average Bonchev–Trinajstić information content (AvgIpc) is 3.30. The summed E-state index contributed by atoms with van der Waals surface area (Å²) in [6.07, 6.45) is -5.51. The Labute approximate surface area is 226 Å². The first-order valence-corrected chi connectivity index (χ1v) is 13.7. The molecule has 0 spiro atoms. The van der Waals surface area contributed by atoms with Crippen molar-refractivity contribution in [3.05, 3.63) is 98.8 Å². The summed E-state index contributed by atoms with van der Waals surface area (Å²) < 4.78 is 73.7. The molecule has 2 unspecified atom stereocenters. The van der Waals surface area contributed by atoms with Crippen LogP contribution < -0.4 is 0 Å². The lowest BCUT2D eigenvalue weighted by atomic mass is 9.86. The van der Waals surface area contributed by atoms with E-state index in [0.29, 0.717) is 11.1 Å². The second-order valence-electron chi connectivity index (χ2n) is 8.60. The summed E-state index contributed by atoms with van der Waals surface area (Å²) in [7, 11) is -3.24. The molecule has 3 aromatic carbocycles. The molecule has 0 bridgehead atoms. The van der Waals surface area contributed by atoms with Gasteiger partial charge in [-0.2, -0.15) is 17.5 Å². The fourth-order valence-electron chi connectivity index (χ4n) is 4.06. The van der Waals surface area contributed by atoms with Gasteiger partial charge >= 0.3 is 6.18 Å². The second-order valence-corrected chi connectivity index (χ2v) is 12.0. The molecule has 1 aliphatic heterocycles. The molecular formula is C26H20Cl2F4N2O3S. The van der Waals surface area contributed by atoms with Crippen molar-refractivity contribution in [3.8, 4) is 0 Å². The van der Waals surface area contributed by atoms with Crippen molar-refractivity contribution in [2.45, 2.75) is 36.9 Å². The van der Waals surface area contributed by atoms with E-state index in [1.54, 1.807) is 13.8 Å². The highest BCUT2D eigenvalue weighted by Crippen LogP contribution is 2.49. The van der Waals surface area contributed by atoms with E-state index in [9.17, 15) is 26.6 Å². The molecule has 2 atom stereocenters. The van der Waals surface area contributed by atoms with E-state index in [2.05, 4.69) is 9.52 Å². The molecule has 0 fully saturated rings. The molecular weight excluding hydrogens is 567 g/mol. The zero-order valence-electron chi connectivity index (χ0n) is 20.0. The number of amides is 1. The minimum Gasteiger partial charge on any atom is -0.374 e. The summed E-state index contributed by atoms with van der Waals surface area (Å²) in [5, 5.41) is 3.74. The van der Waals surface area contributed by atoms with Crippen LogP contribution >= 0.6 is 23.2 Å². The number of hydrogen-bond donors (Lipinski definition) is 0. The summed E-state index contributed by atoms with van der Waals surface area (Å²) in [5.74, 6) is -1.44. The quantitative estimate of drug-likeness (QED) is 0.287. The fourth-order valence-corrected chi connectivity index (χ4v) is 6.11. The van der Waals surface area contributed by atoms with Crippen molar-refractivity contribution in [2.75, 3.05) is 5.75 Å². The van der Waals surface area contributed by atoms with Gasteiger partial charge in [-0.1, -0.05) is 47.4 Å². The van der Waals surface area contributed by atoms with E-state index in [4.69, 9.17) is 28.0 Å². The Morgan fingerprint density at radius 1 is 1.11 bits per heavy atom. The number of halogens is 6. The molecule has 12 heteroatoms. The molecule has 0 aliphatic carbocycles. The van der Waals surface area contributed by atoms with Crippen molar-refractivity contribution in [2.24, 2.45) is 9.52 Å². The molecule has 1 amide bonds. The molecule has 3 aromatic rings. The van der Waals surface area contributed by atoms with Crippen LogP contribution in [0, 0.1) is 12.7 Å². The fraction of sp³-hybridized carbons (Fsp3) is 0.231. The summed E-state index contributed by atoms with van der Waals surface area (Å²) in [6, 6.07) is 12.9. The minimum absolute atomic E-state index is 0.00502. The lowest BCUT2D eigenvalue weighted by Gasteiger charge is -2.29. The Bertz CT molecular complexity index is 1560. The highest BCUT2D eigenvalue weighted by atomic mass is 35.5. The van der Waals surface area contributed by atoms with Gasteiger partial charge in [0.1, 0.15) is 5.82 Å². The number of hydrogen-bond acceptors (Lipinski definition) is 4. The number of aryl methyl sites for hydroxylation is 1. The van der Waals surface area contributed by atoms with Gasteiger partial charge in [0.2, 0.25) is 0 Å². The first-order valence-electron chi connectivity index (χ1n) is 11.2. The van der Waals surface area contributed by atoms with Gasteiger partial charge in [0, 0.05) is 33.3 Å². The Balaban J connectivity index is 1.66. The first-order chi connectivity index (χ1) is 17.8. The molecule has 0 N–H and O–H groups in total. The predicted octanol–water partition coefficient (Wildman–Crippen LogP) is 7.71. The van der Waals surface area contributed by atoms with Gasteiger partial charge in [-0.05, 0) is 66.6 Å². The minimum atomic E-state index is -4.85. The number of carbonyl (C=O) groups excluding carboxylic acids is 1. The molecule has 200 valence electrons. The number of benzene rings is 3. The number of oxime groups is 1. The van der Waals surface area contributed by atoms with Gasteiger partial charge in [-0.3, -0.25) is 4.79 Å². The molecule has 5 nitrogen and oxygen atoms in total. The number of nitrogens with zero attached hydrogens (tertiary/aromatic N) is 2. The van der Waals surface area contributed by atoms with E-state index in [1.165, 1.54) is 42.5 Å². The van der Waals surface area contributed by atoms with Crippen LogP contribution in [0.1, 0.15) is 40.4 Å². The van der Waals surface area contributed by atoms with E-state index in [0.717, 1.165) is 18.2 Å². The van der Waals surface area contributed by atoms with Crippen molar-refractivity contribution in [3.63, 3.8) is 0 Å². The van der Waals surface area contributed by atoms with Crippen LogP contribution in [-0.2, 0) is 20.2 Å². The highest BCUT2D eigenvalue weighted by molar-refractivity contribution is 7.94. The monoisotopic (exact) mass is 586 g/mol. The third-order valence-corrected chi connectivity index (χ3v) is 8.76. The third-order valence-electron chi connectivity index (χ3n) is 6.09. The van der Waals surface area contributed by atoms with Gasteiger partial charge in [0.05, 0.1) is 20.3 Å². The molecule has 1 heterocycles. The van der Waals surface area contributed by atoms with Crippen molar-refractivity contribution in [1.82, 2.24) is 0 Å². The maximum absolute atomic E-state index is 14.3. The molecule has 1 aliphatic rings. The van der Waals surface area contributed by atoms with Crippen molar-refractivity contribution < 1.29 is 31.4 Å². The van der Waals surface area contributed by atoms with Crippen molar-refractivity contribution >= 4 is 44.5 Å². The van der Waals surface area contributed by atoms with Crippen LogP contribution in [0.15, 0.2) is 75.1 Å². The molecule has 0 saturated heterocycles. The summed E-state index contributed by atoms with van der Waals surface area (Å²) in [4.78, 5) is 18.0. The zero-order valence-corrected chi connectivity index (χ0v) is 22.3. The summed E-state index contributed by atoms with van der Waals surface area (Å²) in [5.41, 5.74) is -2.35. The smallest absolute Gasteiger partial charge is 0.374 e. The standard InChI is InChI=1S/C26H20Cl2F4N2O3S/c1-3-38(36,21-6-4-5-20(29)13-21)34-24(35)22-8-7-16(9-15(22)2)23-14-25(37-33-23,26(30,31)32)17-10-18(27)12-19(28)11-17/h4-13H,3,14H2,1-2H3.